The molecule has 1 unspecified atom stereocenters. The lowest BCUT2D eigenvalue weighted by atomic mass is 9.93. The molecule has 19 heavy (non-hydrogen) atoms. The van der Waals surface area contributed by atoms with E-state index in [4.69, 9.17) is 17.4 Å². The zero-order valence-electron chi connectivity index (χ0n) is 11.3. The summed E-state index contributed by atoms with van der Waals surface area (Å²) < 4.78 is 0. The van der Waals surface area contributed by atoms with Crippen molar-refractivity contribution >= 4 is 23.4 Å². The Kier molecular flexibility index (Phi) is 6.51. The first-order valence-electron chi connectivity index (χ1n) is 7.14. The number of benzene rings is 1. The number of halogens is 1. The SMILES string of the molecule is NNC(CSc1ccccc1Cl)C1CCCCCC1. The Hall–Kier alpha value is -0.220. The predicted molar refractivity (Wildman–Crippen MR) is 84.5 cm³/mol. The maximum atomic E-state index is 6.19. The van der Waals surface area contributed by atoms with Crippen LogP contribution < -0.4 is 11.3 Å². The summed E-state index contributed by atoms with van der Waals surface area (Å²) in [6.07, 6.45) is 8.06. The largest absolute Gasteiger partial charge is 0.271 e. The van der Waals surface area contributed by atoms with E-state index in [9.17, 15) is 0 Å². The normalized spacial score (nSPS) is 19.1. The first-order valence-corrected chi connectivity index (χ1v) is 8.51. The number of hydrogen-bond donors (Lipinski definition) is 2. The van der Waals surface area contributed by atoms with Crippen LogP contribution in [0.4, 0.5) is 0 Å². The Labute approximate surface area is 125 Å². The topological polar surface area (TPSA) is 38.0 Å². The molecule has 106 valence electrons. The van der Waals surface area contributed by atoms with Crippen LogP contribution in [0.15, 0.2) is 29.2 Å². The molecular weight excluding hydrogens is 276 g/mol. The molecule has 3 N–H and O–H groups in total. The number of nitrogens with one attached hydrogen (secondary N) is 1. The average molecular weight is 299 g/mol. The fourth-order valence-corrected chi connectivity index (χ4v) is 4.18. The van der Waals surface area contributed by atoms with Crippen molar-refractivity contribution in [3.8, 4) is 0 Å². The summed E-state index contributed by atoms with van der Waals surface area (Å²) in [7, 11) is 0. The van der Waals surface area contributed by atoms with E-state index in [2.05, 4.69) is 11.5 Å². The molecule has 1 atom stereocenters. The van der Waals surface area contributed by atoms with Crippen molar-refractivity contribution in [3.63, 3.8) is 0 Å². The van der Waals surface area contributed by atoms with Gasteiger partial charge >= 0.3 is 0 Å². The lowest BCUT2D eigenvalue weighted by Gasteiger charge is -2.25. The Bertz CT molecular complexity index is 378. The van der Waals surface area contributed by atoms with E-state index >= 15 is 0 Å². The molecule has 0 aliphatic heterocycles. The fourth-order valence-electron chi connectivity index (χ4n) is 2.77. The van der Waals surface area contributed by atoms with E-state index in [1.165, 1.54) is 38.5 Å². The molecular formula is C15H23ClN2S. The first kappa shape index (κ1) is 15.2. The summed E-state index contributed by atoms with van der Waals surface area (Å²) in [5.74, 6) is 7.46. The number of thioether (sulfide) groups is 1. The van der Waals surface area contributed by atoms with Crippen LogP contribution in [-0.4, -0.2) is 11.8 Å². The maximum Gasteiger partial charge on any atom is 0.0541 e. The molecule has 0 heterocycles. The van der Waals surface area contributed by atoms with Crippen LogP contribution >= 0.6 is 23.4 Å². The third-order valence-corrected chi connectivity index (χ3v) is 5.57. The van der Waals surface area contributed by atoms with Crippen molar-refractivity contribution in [1.82, 2.24) is 5.43 Å². The monoisotopic (exact) mass is 298 g/mol. The van der Waals surface area contributed by atoms with Crippen molar-refractivity contribution in [3.05, 3.63) is 29.3 Å². The Morgan fingerprint density at radius 2 is 1.89 bits per heavy atom. The smallest absolute Gasteiger partial charge is 0.0541 e. The summed E-state index contributed by atoms with van der Waals surface area (Å²) in [5.41, 5.74) is 3.03. The molecule has 0 radical (unpaired) electrons. The number of hydrazine groups is 1. The van der Waals surface area contributed by atoms with Crippen LogP contribution in [0, 0.1) is 5.92 Å². The van der Waals surface area contributed by atoms with Crippen LogP contribution in [-0.2, 0) is 0 Å². The summed E-state index contributed by atoms with van der Waals surface area (Å²) in [5, 5.41) is 0.837. The highest BCUT2D eigenvalue weighted by atomic mass is 35.5. The molecule has 0 bridgehead atoms. The van der Waals surface area contributed by atoms with Gasteiger partial charge in [0.15, 0.2) is 0 Å². The van der Waals surface area contributed by atoms with Crippen LogP contribution in [0.2, 0.25) is 5.02 Å². The lowest BCUT2D eigenvalue weighted by Crippen LogP contribution is -2.42. The summed E-state index contributed by atoms with van der Waals surface area (Å²) in [6.45, 7) is 0. The summed E-state index contributed by atoms with van der Waals surface area (Å²) >= 11 is 8.00. The Morgan fingerprint density at radius 3 is 2.53 bits per heavy atom. The number of nitrogens with two attached hydrogens (primary N) is 1. The van der Waals surface area contributed by atoms with E-state index in [0.29, 0.717) is 12.0 Å². The van der Waals surface area contributed by atoms with Crippen molar-refractivity contribution in [2.75, 3.05) is 5.75 Å². The van der Waals surface area contributed by atoms with Gasteiger partial charge in [0.1, 0.15) is 0 Å². The first-order chi connectivity index (χ1) is 9.31. The fraction of sp³-hybridized carbons (Fsp3) is 0.600. The lowest BCUT2D eigenvalue weighted by molar-refractivity contribution is 0.346. The van der Waals surface area contributed by atoms with Gasteiger partial charge in [0.05, 0.1) is 5.02 Å². The van der Waals surface area contributed by atoms with E-state index in [0.717, 1.165) is 15.7 Å². The van der Waals surface area contributed by atoms with Crippen LogP contribution in [0.25, 0.3) is 0 Å². The van der Waals surface area contributed by atoms with Gasteiger partial charge in [0.25, 0.3) is 0 Å². The Balaban J connectivity index is 1.90. The molecule has 0 spiro atoms. The van der Waals surface area contributed by atoms with E-state index in [1.807, 2.05) is 18.2 Å². The third-order valence-electron chi connectivity index (χ3n) is 3.94. The second kappa shape index (κ2) is 8.15. The van der Waals surface area contributed by atoms with E-state index in [-0.39, 0.29) is 0 Å². The zero-order chi connectivity index (χ0) is 13.5. The van der Waals surface area contributed by atoms with Gasteiger partial charge in [-0.2, -0.15) is 0 Å². The molecule has 1 aromatic rings. The number of rotatable bonds is 5. The Morgan fingerprint density at radius 1 is 1.21 bits per heavy atom. The minimum atomic E-state index is 0.388. The second-order valence-electron chi connectivity index (χ2n) is 5.27. The summed E-state index contributed by atoms with van der Waals surface area (Å²) in [4.78, 5) is 1.15. The highest BCUT2D eigenvalue weighted by Gasteiger charge is 2.22. The standard InChI is InChI=1S/C15H23ClN2S/c16-13-9-5-6-10-15(13)19-11-14(18-17)12-7-3-1-2-4-8-12/h5-6,9-10,12,14,18H,1-4,7-8,11,17H2. The zero-order valence-corrected chi connectivity index (χ0v) is 12.8. The number of hydrogen-bond acceptors (Lipinski definition) is 3. The van der Waals surface area contributed by atoms with Crippen LogP contribution in [0.5, 0.6) is 0 Å². The van der Waals surface area contributed by atoms with Crippen molar-refractivity contribution in [2.45, 2.75) is 49.5 Å². The van der Waals surface area contributed by atoms with Crippen molar-refractivity contribution < 1.29 is 0 Å². The summed E-state index contributed by atoms with van der Waals surface area (Å²) in [6, 6.07) is 8.41. The quantitative estimate of drug-likeness (QED) is 0.370. The molecule has 4 heteroatoms. The molecule has 2 nitrogen and oxygen atoms in total. The van der Waals surface area contributed by atoms with E-state index < -0.39 is 0 Å². The van der Waals surface area contributed by atoms with Gasteiger partial charge in [-0.1, -0.05) is 49.4 Å². The minimum Gasteiger partial charge on any atom is -0.271 e. The van der Waals surface area contributed by atoms with Crippen molar-refractivity contribution in [2.24, 2.45) is 11.8 Å². The molecule has 0 saturated heterocycles. The van der Waals surface area contributed by atoms with Crippen LogP contribution in [0.3, 0.4) is 0 Å². The molecule has 1 fully saturated rings. The molecule has 1 aliphatic carbocycles. The molecule has 0 aromatic heterocycles. The average Bonchev–Trinajstić information content (AvgIpc) is 2.71. The molecule has 1 saturated carbocycles. The van der Waals surface area contributed by atoms with Gasteiger partial charge in [-0.25, -0.2) is 0 Å². The van der Waals surface area contributed by atoms with Crippen LogP contribution in [0.1, 0.15) is 38.5 Å². The maximum absolute atomic E-state index is 6.19. The van der Waals surface area contributed by atoms with Gasteiger partial charge in [-0.3, -0.25) is 11.3 Å². The van der Waals surface area contributed by atoms with Gasteiger partial charge in [-0.15, -0.1) is 11.8 Å². The minimum absolute atomic E-state index is 0.388. The molecule has 1 aliphatic rings. The van der Waals surface area contributed by atoms with Gasteiger partial charge < -0.3 is 0 Å². The molecule has 2 rings (SSSR count). The predicted octanol–water partition coefficient (Wildman–Crippen LogP) is 4.23. The second-order valence-corrected chi connectivity index (χ2v) is 6.74. The molecule has 0 amide bonds. The molecule has 1 aromatic carbocycles. The van der Waals surface area contributed by atoms with E-state index in [1.54, 1.807) is 11.8 Å². The van der Waals surface area contributed by atoms with Crippen molar-refractivity contribution in [1.29, 1.82) is 0 Å². The van der Waals surface area contributed by atoms with Gasteiger partial charge in [-0.05, 0) is 30.9 Å². The highest BCUT2D eigenvalue weighted by Crippen LogP contribution is 2.31. The van der Waals surface area contributed by atoms with Gasteiger partial charge in [0, 0.05) is 16.7 Å². The third kappa shape index (κ3) is 4.67. The van der Waals surface area contributed by atoms with Gasteiger partial charge in [0.2, 0.25) is 0 Å². The highest BCUT2D eigenvalue weighted by molar-refractivity contribution is 7.99.